The highest BCUT2D eigenvalue weighted by Gasteiger charge is 2.15. The SMILES string of the molecule is Cc1ccc(-c2c(C)noc2C)cc1N(C)c1ccc(C#N)c(F)c1. The highest BCUT2D eigenvalue weighted by molar-refractivity contribution is 5.76. The Morgan fingerprint density at radius 1 is 1.12 bits per heavy atom. The highest BCUT2D eigenvalue weighted by Crippen LogP contribution is 2.34. The number of aromatic nitrogens is 1. The minimum absolute atomic E-state index is 0.0401. The molecule has 1 heterocycles. The van der Waals surface area contributed by atoms with Gasteiger partial charge in [-0.2, -0.15) is 5.26 Å². The topological polar surface area (TPSA) is 53.1 Å². The maximum absolute atomic E-state index is 14.0. The van der Waals surface area contributed by atoms with Gasteiger partial charge in [-0.1, -0.05) is 17.3 Å². The molecule has 2 aromatic carbocycles. The smallest absolute Gasteiger partial charge is 0.143 e. The first-order valence-electron chi connectivity index (χ1n) is 7.89. The van der Waals surface area contributed by atoms with Crippen LogP contribution in [-0.2, 0) is 0 Å². The van der Waals surface area contributed by atoms with Gasteiger partial charge in [0.15, 0.2) is 0 Å². The van der Waals surface area contributed by atoms with Gasteiger partial charge in [0.2, 0.25) is 0 Å². The summed E-state index contributed by atoms with van der Waals surface area (Å²) >= 11 is 0. The predicted molar refractivity (Wildman–Crippen MR) is 95.3 cm³/mol. The summed E-state index contributed by atoms with van der Waals surface area (Å²) in [4.78, 5) is 1.90. The Hall–Kier alpha value is -3.13. The fourth-order valence-electron chi connectivity index (χ4n) is 2.96. The molecule has 25 heavy (non-hydrogen) atoms. The van der Waals surface area contributed by atoms with Gasteiger partial charge in [-0.05, 0) is 56.2 Å². The molecule has 0 aliphatic carbocycles. The summed E-state index contributed by atoms with van der Waals surface area (Å²) < 4.78 is 19.2. The van der Waals surface area contributed by atoms with Crippen molar-refractivity contribution < 1.29 is 8.91 Å². The molecule has 0 aliphatic heterocycles. The second kappa shape index (κ2) is 6.40. The highest BCUT2D eigenvalue weighted by atomic mass is 19.1. The number of benzene rings is 2. The lowest BCUT2D eigenvalue weighted by molar-refractivity contribution is 0.393. The Morgan fingerprint density at radius 3 is 2.48 bits per heavy atom. The van der Waals surface area contributed by atoms with Gasteiger partial charge >= 0.3 is 0 Å². The van der Waals surface area contributed by atoms with Crippen molar-refractivity contribution in [1.29, 1.82) is 5.26 Å². The molecule has 1 aromatic heterocycles. The molecule has 0 fully saturated rings. The number of nitrogens with zero attached hydrogens (tertiary/aromatic N) is 3. The molecular weight excluding hydrogens is 317 g/mol. The van der Waals surface area contributed by atoms with Gasteiger partial charge < -0.3 is 9.42 Å². The van der Waals surface area contributed by atoms with Gasteiger partial charge in [0, 0.05) is 24.0 Å². The van der Waals surface area contributed by atoms with E-state index < -0.39 is 5.82 Å². The van der Waals surface area contributed by atoms with Crippen LogP contribution in [0.3, 0.4) is 0 Å². The van der Waals surface area contributed by atoms with E-state index in [-0.39, 0.29) is 5.56 Å². The fraction of sp³-hybridized carbons (Fsp3) is 0.200. The first-order chi connectivity index (χ1) is 11.9. The van der Waals surface area contributed by atoms with E-state index in [4.69, 9.17) is 9.78 Å². The maximum atomic E-state index is 14.0. The molecule has 3 aromatic rings. The molecule has 0 aliphatic rings. The van der Waals surface area contributed by atoms with Crippen molar-refractivity contribution in [3.05, 3.63) is 64.8 Å². The maximum Gasteiger partial charge on any atom is 0.143 e. The van der Waals surface area contributed by atoms with Crippen LogP contribution >= 0.6 is 0 Å². The Labute approximate surface area is 146 Å². The van der Waals surface area contributed by atoms with Gasteiger partial charge in [0.25, 0.3) is 0 Å². The second-order valence-corrected chi connectivity index (χ2v) is 6.04. The van der Waals surface area contributed by atoms with Gasteiger partial charge in [0.1, 0.15) is 17.6 Å². The lowest BCUT2D eigenvalue weighted by Crippen LogP contribution is -2.11. The molecule has 5 heteroatoms. The third-order valence-corrected chi connectivity index (χ3v) is 4.35. The van der Waals surface area contributed by atoms with Crippen LogP contribution in [0, 0.1) is 37.9 Å². The zero-order valence-corrected chi connectivity index (χ0v) is 14.6. The Bertz CT molecular complexity index is 966. The van der Waals surface area contributed by atoms with E-state index in [1.54, 1.807) is 6.07 Å². The zero-order valence-electron chi connectivity index (χ0n) is 14.6. The van der Waals surface area contributed by atoms with Crippen molar-refractivity contribution >= 4 is 11.4 Å². The van der Waals surface area contributed by atoms with Crippen LogP contribution in [0.2, 0.25) is 0 Å². The molecule has 126 valence electrons. The van der Waals surface area contributed by atoms with Crippen molar-refractivity contribution in [2.75, 3.05) is 11.9 Å². The molecule has 0 radical (unpaired) electrons. The number of rotatable bonds is 3. The van der Waals surface area contributed by atoms with E-state index >= 15 is 0 Å². The molecular formula is C20H18FN3O. The predicted octanol–water partition coefficient (Wildman–Crippen LogP) is 5.05. The standard InChI is InChI=1S/C20H18FN3O/c1-12-5-6-15(20-13(2)23-25-14(20)3)9-19(12)24(4)17-8-7-16(11-22)18(21)10-17/h5-10H,1-4H3. The van der Waals surface area contributed by atoms with Crippen molar-refractivity contribution in [3.63, 3.8) is 0 Å². The summed E-state index contributed by atoms with van der Waals surface area (Å²) in [7, 11) is 1.88. The Morgan fingerprint density at radius 2 is 1.88 bits per heavy atom. The minimum Gasteiger partial charge on any atom is -0.361 e. The molecule has 0 spiro atoms. The third kappa shape index (κ3) is 2.99. The second-order valence-electron chi connectivity index (χ2n) is 6.04. The summed E-state index contributed by atoms with van der Waals surface area (Å²) in [5, 5.41) is 12.9. The first kappa shape index (κ1) is 16.7. The molecule has 0 bridgehead atoms. The average molecular weight is 335 g/mol. The summed E-state index contributed by atoms with van der Waals surface area (Å²) in [6.45, 7) is 5.79. The van der Waals surface area contributed by atoms with Crippen LogP contribution in [0.1, 0.15) is 22.6 Å². The number of nitriles is 1. The summed E-state index contributed by atoms with van der Waals surface area (Å²) in [5.41, 5.74) is 5.52. The van der Waals surface area contributed by atoms with Crippen LogP contribution in [0.15, 0.2) is 40.9 Å². The quantitative estimate of drug-likeness (QED) is 0.672. The van der Waals surface area contributed by atoms with Gasteiger partial charge in [-0.3, -0.25) is 0 Å². The van der Waals surface area contributed by atoms with Crippen molar-refractivity contribution in [1.82, 2.24) is 5.16 Å². The van der Waals surface area contributed by atoms with Gasteiger partial charge in [0.05, 0.1) is 11.3 Å². The molecule has 3 rings (SSSR count). The van der Waals surface area contributed by atoms with E-state index in [2.05, 4.69) is 5.16 Å². The fourth-order valence-corrected chi connectivity index (χ4v) is 2.96. The zero-order chi connectivity index (χ0) is 18.1. The number of hydrogen-bond donors (Lipinski definition) is 0. The first-order valence-corrected chi connectivity index (χ1v) is 7.89. The van der Waals surface area contributed by atoms with E-state index in [9.17, 15) is 4.39 Å². The number of anilines is 2. The number of aryl methyl sites for hydroxylation is 3. The molecule has 0 atom stereocenters. The van der Waals surface area contributed by atoms with Crippen molar-refractivity contribution in [3.8, 4) is 17.2 Å². The minimum atomic E-state index is -0.522. The third-order valence-electron chi connectivity index (χ3n) is 4.35. The molecule has 0 saturated carbocycles. The molecule has 0 amide bonds. The molecule has 0 saturated heterocycles. The Balaban J connectivity index is 2.06. The van der Waals surface area contributed by atoms with E-state index in [1.165, 1.54) is 12.1 Å². The van der Waals surface area contributed by atoms with Crippen LogP contribution in [0.5, 0.6) is 0 Å². The van der Waals surface area contributed by atoms with Gasteiger partial charge in [-0.15, -0.1) is 0 Å². The lowest BCUT2D eigenvalue weighted by atomic mass is 10.0. The summed E-state index contributed by atoms with van der Waals surface area (Å²) in [6.07, 6.45) is 0. The monoisotopic (exact) mass is 335 g/mol. The van der Waals surface area contributed by atoms with E-state index in [0.717, 1.165) is 33.8 Å². The van der Waals surface area contributed by atoms with Crippen LogP contribution in [-0.4, -0.2) is 12.2 Å². The van der Waals surface area contributed by atoms with Crippen molar-refractivity contribution in [2.45, 2.75) is 20.8 Å². The van der Waals surface area contributed by atoms with Gasteiger partial charge in [-0.25, -0.2) is 4.39 Å². The van der Waals surface area contributed by atoms with Crippen LogP contribution in [0.4, 0.5) is 15.8 Å². The van der Waals surface area contributed by atoms with Crippen molar-refractivity contribution in [2.24, 2.45) is 0 Å². The van der Waals surface area contributed by atoms with Crippen LogP contribution < -0.4 is 4.90 Å². The number of halogens is 1. The average Bonchev–Trinajstić information content (AvgIpc) is 2.93. The van der Waals surface area contributed by atoms with E-state index in [1.807, 2.05) is 57.0 Å². The Kier molecular flexibility index (Phi) is 4.28. The lowest BCUT2D eigenvalue weighted by Gasteiger charge is -2.22. The summed E-state index contributed by atoms with van der Waals surface area (Å²) in [6, 6.07) is 12.5. The van der Waals surface area contributed by atoms with Crippen LogP contribution in [0.25, 0.3) is 11.1 Å². The number of hydrogen-bond acceptors (Lipinski definition) is 4. The normalized spacial score (nSPS) is 10.6. The molecule has 0 unspecified atom stereocenters. The molecule has 4 nitrogen and oxygen atoms in total. The van der Waals surface area contributed by atoms with E-state index in [0.29, 0.717) is 5.69 Å². The largest absolute Gasteiger partial charge is 0.361 e. The molecule has 0 N–H and O–H groups in total. The summed E-state index contributed by atoms with van der Waals surface area (Å²) in [5.74, 6) is 0.241.